The summed E-state index contributed by atoms with van der Waals surface area (Å²) in [4.78, 5) is 11.9. The van der Waals surface area contributed by atoms with Gasteiger partial charge in [0.05, 0.1) is 17.5 Å². The Bertz CT molecular complexity index is 526. The van der Waals surface area contributed by atoms with E-state index in [9.17, 15) is 18.0 Å². The first-order valence-electron chi connectivity index (χ1n) is 5.54. The molecule has 1 saturated heterocycles. The van der Waals surface area contributed by atoms with Crippen LogP contribution in [0.15, 0.2) is 18.2 Å². The van der Waals surface area contributed by atoms with Crippen LogP contribution in [0.5, 0.6) is 5.75 Å². The van der Waals surface area contributed by atoms with Crippen LogP contribution < -0.4 is 10.1 Å². The zero-order chi connectivity index (χ0) is 13.0. The Morgan fingerprint density at radius 2 is 1.95 bits per heavy atom. The molecular formula is C12H11ClF3NO2. The number of ether oxygens (including phenoxy) is 1. The van der Waals surface area contributed by atoms with E-state index in [1.807, 2.05) is 0 Å². The van der Waals surface area contributed by atoms with E-state index in [-0.39, 0.29) is 35.9 Å². The van der Waals surface area contributed by atoms with Crippen molar-refractivity contribution in [3.05, 3.63) is 29.3 Å². The third-order valence-electron chi connectivity index (χ3n) is 3.31. The number of ketones is 1. The van der Waals surface area contributed by atoms with Gasteiger partial charge in [0.2, 0.25) is 0 Å². The van der Waals surface area contributed by atoms with Crippen molar-refractivity contribution in [3.63, 3.8) is 0 Å². The molecular weight excluding hydrogens is 283 g/mol. The summed E-state index contributed by atoms with van der Waals surface area (Å²) in [6.45, 7) is 0.989. The summed E-state index contributed by atoms with van der Waals surface area (Å²) in [6.07, 6.45) is -4.21. The van der Waals surface area contributed by atoms with E-state index in [4.69, 9.17) is 4.74 Å². The van der Waals surface area contributed by atoms with Crippen LogP contribution in [0.3, 0.4) is 0 Å². The molecule has 0 saturated carbocycles. The number of Topliss-reactive ketones (excluding diaryl/α,β-unsaturated/α-hetero) is 1. The van der Waals surface area contributed by atoms with Crippen LogP contribution in [0, 0.1) is 0 Å². The lowest BCUT2D eigenvalue weighted by atomic mass is 9.85. The number of hydrogen-bond acceptors (Lipinski definition) is 3. The average molecular weight is 294 g/mol. The van der Waals surface area contributed by atoms with Crippen LogP contribution in [-0.4, -0.2) is 24.5 Å². The molecule has 0 aromatic heterocycles. The Balaban J connectivity index is 0.00000133. The molecule has 0 atom stereocenters. The van der Waals surface area contributed by atoms with Crippen LogP contribution in [0.25, 0.3) is 0 Å². The number of fused-ring (bicyclic) bond motifs is 1. The lowest BCUT2D eigenvalue weighted by Gasteiger charge is -2.45. The van der Waals surface area contributed by atoms with Crippen molar-refractivity contribution in [2.75, 3.05) is 13.1 Å². The fourth-order valence-electron chi connectivity index (χ4n) is 2.27. The summed E-state index contributed by atoms with van der Waals surface area (Å²) in [5, 5.41) is 2.97. The van der Waals surface area contributed by atoms with Gasteiger partial charge in [0.15, 0.2) is 5.78 Å². The molecule has 3 nitrogen and oxygen atoms in total. The summed E-state index contributed by atoms with van der Waals surface area (Å²) in [5.41, 5.74) is -1.20. The molecule has 19 heavy (non-hydrogen) atoms. The molecule has 0 amide bonds. The molecule has 2 heterocycles. The van der Waals surface area contributed by atoms with Crippen molar-refractivity contribution in [2.45, 2.75) is 18.2 Å². The summed E-state index contributed by atoms with van der Waals surface area (Å²) in [5.74, 6) is -0.117. The highest BCUT2D eigenvalue weighted by Gasteiger charge is 2.46. The standard InChI is InChI=1S/C12H10F3NO2.ClH/c13-12(14,15)7-1-2-8-9(17)4-11(5-16-6-11)18-10(8)3-7;/h1-3,16H,4-6H2;1H. The zero-order valence-corrected chi connectivity index (χ0v) is 10.5. The van der Waals surface area contributed by atoms with Crippen LogP contribution in [0.1, 0.15) is 22.3 Å². The van der Waals surface area contributed by atoms with Crippen molar-refractivity contribution < 1.29 is 22.7 Å². The maximum Gasteiger partial charge on any atom is 0.416 e. The lowest BCUT2D eigenvalue weighted by Crippen LogP contribution is -2.65. The van der Waals surface area contributed by atoms with Gasteiger partial charge in [-0.05, 0) is 18.2 Å². The van der Waals surface area contributed by atoms with Crippen LogP contribution in [0.2, 0.25) is 0 Å². The first-order valence-corrected chi connectivity index (χ1v) is 5.54. The van der Waals surface area contributed by atoms with E-state index in [0.717, 1.165) is 12.1 Å². The van der Waals surface area contributed by atoms with Crippen molar-refractivity contribution >= 4 is 18.2 Å². The minimum atomic E-state index is -4.43. The fourth-order valence-corrected chi connectivity index (χ4v) is 2.27. The number of carbonyl (C=O) groups excluding carboxylic acids is 1. The molecule has 0 radical (unpaired) electrons. The number of halogens is 4. The molecule has 2 aliphatic heterocycles. The number of carbonyl (C=O) groups is 1. The van der Waals surface area contributed by atoms with Crippen molar-refractivity contribution in [1.82, 2.24) is 5.32 Å². The van der Waals surface area contributed by atoms with Gasteiger partial charge in [-0.15, -0.1) is 12.4 Å². The molecule has 3 rings (SSSR count). The molecule has 7 heteroatoms. The Labute approximate surface area is 113 Å². The van der Waals surface area contributed by atoms with E-state index >= 15 is 0 Å². The second kappa shape index (κ2) is 4.38. The molecule has 1 fully saturated rings. The number of alkyl halides is 3. The Kier molecular flexibility index (Phi) is 3.26. The predicted molar refractivity (Wildman–Crippen MR) is 63.9 cm³/mol. The molecule has 0 unspecified atom stereocenters. The van der Waals surface area contributed by atoms with Gasteiger partial charge >= 0.3 is 6.18 Å². The van der Waals surface area contributed by atoms with E-state index in [1.54, 1.807) is 0 Å². The lowest BCUT2D eigenvalue weighted by molar-refractivity contribution is -0.137. The second-order valence-electron chi connectivity index (χ2n) is 4.70. The van der Waals surface area contributed by atoms with E-state index in [2.05, 4.69) is 5.32 Å². The summed E-state index contributed by atoms with van der Waals surface area (Å²) in [6, 6.07) is 3.02. The van der Waals surface area contributed by atoms with Gasteiger partial charge in [0, 0.05) is 13.1 Å². The summed E-state index contributed by atoms with van der Waals surface area (Å²) in [7, 11) is 0. The quantitative estimate of drug-likeness (QED) is 0.798. The SMILES string of the molecule is Cl.O=C1CC2(CNC2)Oc2cc(C(F)(F)F)ccc21. The largest absolute Gasteiger partial charge is 0.483 e. The van der Waals surface area contributed by atoms with Crippen LogP contribution >= 0.6 is 12.4 Å². The van der Waals surface area contributed by atoms with Gasteiger partial charge in [-0.1, -0.05) is 0 Å². The molecule has 1 spiro atoms. The normalized spacial score (nSPS) is 20.1. The van der Waals surface area contributed by atoms with Gasteiger partial charge < -0.3 is 10.1 Å². The summed E-state index contributed by atoms with van der Waals surface area (Å²) >= 11 is 0. The van der Waals surface area contributed by atoms with E-state index in [1.165, 1.54) is 6.07 Å². The molecule has 1 N–H and O–H groups in total. The molecule has 2 aliphatic rings. The van der Waals surface area contributed by atoms with Crippen molar-refractivity contribution in [3.8, 4) is 5.75 Å². The molecule has 1 aromatic carbocycles. The summed E-state index contributed by atoms with van der Waals surface area (Å²) < 4.78 is 43.4. The highest BCUT2D eigenvalue weighted by molar-refractivity contribution is 6.00. The van der Waals surface area contributed by atoms with Gasteiger partial charge in [0.1, 0.15) is 11.4 Å². The zero-order valence-electron chi connectivity index (χ0n) is 9.71. The minimum Gasteiger partial charge on any atom is -0.483 e. The maximum absolute atomic E-state index is 12.6. The minimum absolute atomic E-state index is 0. The molecule has 104 valence electrons. The average Bonchev–Trinajstić information content (AvgIpc) is 2.25. The highest BCUT2D eigenvalue weighted by Crippen LogP contribution is 2.39. The topological polar surface area (TPSA) is 38.3 Å². The van der Waals surface area contributed by atoms with Crippen molar-refractivity contribution in [1.29, 1.82) is 0 Å². The third-order valence-corrected chi connectivity index (χ3v) is 3.31. The maximum atomic E-state index is 12.6. The Hall–Kier alpha value is -1.27. The second-order valence-corrected chi connectivity index (χ2v) is 4.70. The van der Waals surface area contributed by atoms with E-state index < -0.39 is 17.3 Å². The third kappa shape index (κ3) is 2.30. The number of rotatable bonds is 0. The van der Waals surface area contributed by atoms with Gasteiger partial charge in [-0.3, -0.25) is 4.79 Å². The number of nitrogens with one attached hydrogen (secondary N) is 1. The fraction of sp³-hybridized carbons (Fsp3) is 0.417. The Morgan fingerprint density at radius 3 is 2.47 bits per heavy atom. The van der Waals surface area contributed by atoms with Crippen LogP contribution in [0.4, 0.5) is 13.2 Å². The highest BCUT2D eigenvalue weighted by atomic mass is 35.5. The predicted octanol–water partition coefficient (Wildman–Crippen LogP) is 2.43. The molecule has 0 bridgehead atoms. The Morgan fingerprint density at radius 1 is 1.26 bits per heavy atom. The van der Waals surface area contributed by atoms with Gasteiger partial charge in [-0.2, -0.15) is 13.2 Å². The van der Waals surface area contributed by atoms with Crippen molar-refractivity contribution in [2.24, 2.45) is 0 Å². The first-order chi connectivity index (χ1) is 8.40. The first kappa shape index (κ1) is 14.1. The number of benzene rings is 1. The smallest absolute Gasteiger partial charge is 0.416 e. The molecule has 1 aromatic rings. The van der Waals surface area contributed by atoms with Gasteiger partial charge in [-0.25, -0.2) is 0 Å². The molecule has 0 aliphatic carbocycles. The van der Waals surface area contributed by atoms with E-state index in [0.29, 0.717) is 13.1 Å². The van der Waals surface area contributed by atoms with Gasteiger partial charge in [0.25, 0.3) is 0 Å². The van der Waals surface area contributed by atoms with Crippen LogP contribution in [-0.2, 0) is 6.18 Å². The number of hydrogen-bond donors (Lipinski definition) is 1. The monoisotopic (exact) mass is 293 g/mol.